The first-order chi connectivity index (χ1) is 14.5. The van der Waals surface area contributed by atoms with Gasteiger partial charge < -0.3 is 19.4 Å². The number of hydrogen-bond donors (Lipinski definition) is 1. The number of nitrogens with one attached hydrogen (secondary N) is 1. The van der Waals surface area contributed by atoms with Gasteiger partial charge in [-0.25, -0.2) is 0 Å². The van der Waals surface area contributed by atoms with Crippen LogP contribution in [0.5, 0.6) is 5.75 Å². The van der Waals surface area contributed by atoms with E-state index in [0.717, 1.165) is 22.4 Å². The van der Waals surface area contributed by atoms with Crippen LogP contribution in [-0.4, -0.2) is 41.9 Å². The molecule has 1 fully saturated rings. The monoisotopic (exact) mass is 407 g/mol. The number of hydrogen-bond acceptors (Lipinski definition) is 5. The number of ether oxygens (including phenoxy) is 1. The molecule has 1 aliphatic rings. The van der Waals surface area contributed by atoms with Crippen LogP contribution in [0.25, 0.3) is 10.9 Å². The number of methoxy groups -OCH3 is 1. The summed E-state index contributed by atoms with van der Waals surface area (Å²) in [5, 5.41) is 3.81. The van der Waals surface area contributed by atoms with Crippen LogP contribution in [0.2, 0.25) is 0 Å². The molecule has 156 valence electrons. The standard InChI is InChI=1S/C23H25N3O4/c1-15-20(12-17-5-6-18(29-2)13-21(17)25-15)23(28)26-9-7-16(8-10-26)22(27)24-14-19-4-3-11-30-19/h3-6,11-13,16H,7-10,14H2,1-2H3,(H,24,27). The van der Waals surface area contributed by atoms with E-state index < -0.39 is 0 Å². The molecule has 1 aromatic carbocycles. The van der Waals surface area contributed by atoms with Crippen molar-refractivity contribution in [2.24, 2.45) is 5.92 Å². The molecule has 0 spiro atoms. The number of nitrogens with zero attached hydrogens (tertiary/aromatic N) is 2. The predicted molar refractivity (Wildman–Crippen MR) is 112 cm³/mol. The highest BCUT2D eigenvalue weighted by Gasteiger charge is 2.28. The van der Waals surface area contributed by atoms with Crippen LogP contribution in [0.1, 0.15) is 34.7 Å². The molecule has 0 bridgehead atoms. The highest BCUT2D eigenvalue weighted by Crippen LogP contribution is 2.24. The molecule has 0 aliphatic carbocycles. The normalized spacial score (nSPS) is 14.7. The number of furan rings is 1. The van der Waals surface area contributed by atoms with Gasteiger partial charge in [-0.3, -0.25) is 14.6 Å². The van der Waals surface area contributed by atoms with Crippen molar-refractivity contribution < 1.29 is 18.7 Å². The van der Waals surface area contributed by atoms with E-state index in [2.05, 4.69) is 10.3 Å². The molecule has 1 aliphatic heterocycles. The number of carbonyl (C=O) groups is 2. The third-order valence-corrected chi connectivity index (χ3v) is 5.62. The summed E-state index contributed by atoms with van der Waals surface area (Å²) in [5.74, 6) is 1.35. The summed E-state index contributed by atoms with van der Waals surface area (Å²) in [6.45, 7) is 3.34. The second-order valence-corrected chi connectivity index (χ2v) is 7.54. The zero-order valence-corrected chi connectivity index (χ0v) is 17.2. The average Bonchev–Trinajstić information content (AvgIpc) is 3.30. The summed E-state index contributed by atoms with van der Waals surface area (Å²) in [6, 6.07) is 11.2. The van der Waals surface area contributed by atoms with Crippen molar-refractivity contribution in [1.29, 1.82) is 0 Å². The van der Waals surface area contributed by atoms with Crippen LogP contribution >= 0.6 is 0 Å². The van der Waals surface area contributed by atoms with Crippen LogP contribution in [-0.2, 0) is 11.3 Å². The summed E-state index contributed by atoms with van der Waals surface area (Å²) >= 11 is 0. The number of aromatic nitrogens is 1. The Morgan fingerprint density at radius 3 is 2.73 bits per heavy atom. The SMILES string of the molecule is COc1ccc2cc(C(=O)N3CCC(C(=O)NCc4ccco4)CC3)c(C)nc2c1. The van der Waals surface area contributed by atoms with Gasteiger partial charge in [0.05, 0.1) is 36.7 Å². The van der Waals surface area contributed by atoms with Crippen molar-refractivity contribution in [3.8, 4) is 5.75 Å². The quantitative estimate of drug-likeness (QED) is 0.701. The fourth-order valence-electron chi connectivity index (χ4n) is 3.83. The van der Waals surface area contributed by atoms with Gasteiger partial charge in [-0.1, -0.05) is 0 Å². The molecule has 7 heteroatoms. The van der Waals surface area contributed by atoms with Crippen molar-refractivity contribution in [3.63, 3.8) is 0 Å². The molecular weight excluding hydrogens is 382 g/mol. The number of likely N-dealkylation sites (tertiary alicyclic amines) is 1. The van der Waals surface area contributed by atoms with Gasteiger partial charge in [0.1, 0.15) is 11.5 Å². The highest BCUT2D eigenvalue weighted by molar-refractivity contribution is 5.99. The lowest BCUT2D eigenvalue weighted by Gasteiger charge is -2.31. The number of carbonyl (C=O) groups excluding carboxylic acids is 2. The van der Waals surface area contributed by atoms with Gasteiger partial charge in [-0.15, -0.1) is 0 Å². The van der Waals surface area contributed by atoms with Gasteiger partial charge in [0, 0.05) is 30.5 Å². The number of benzene rings is 1. The minimum atomic E-state index is -0.0905. The lowest BCUT2D eigenvalue weighted by atomic mass is 9.95. The molecule has 3 aromatic rings. The van der Waals surface area contributed by atoms with Crippen LogP contribution in [0, 0.1) is 12.8 Å². The van der Waals surface area contributed by atoms with E-state index in [1.807, 2.05) is 42.2 Å². The molecule has 2 amide bonds. The summed E-state index contributed by atoms with van der Waals surface area (Å²) in [6.07, 6.45) is 2.88. The molecular formula is C23H25N3O4. The fraction of sp³-hybridized carbons (Fsp3) is 0.348. The lowest BCUT2D eigenvalue weighted by Crippen LogP contribution is -2.43. The molecule has 7 nitrogen and oxygen atoms in total. The number of amides is 2. The average molecular weight is 407 g/mol. The van der Waals surface area contributed by atoms with Crippen molar-refractivity contribution in [2.45, 2.75) is 26.3 Å². The Morgan fingerprint density at radius 2 is 2.03 bits per heavy atom. The van der Waals surface area contributed by atoms with Crippen molar-refractivity contribution >= 4 is 22.7 Å². The highest BCUT2D eigenvalue weighted by atomic mass is 16.5. The van der Waals surface area contributed by atoms with E-state index >= 15 is 0 Å². The minimum absolute atomic E-state index is 0.0102. The van der Waals surface area contributed by atoms with E-state index in [4.69, 9.17) is 9.15 Å². The molecule has 30 heavy (non-hydrogen) atoms. The van der Waals surface area contributed by atoms with Gasteiger partial charge in [-0.2, -0.15) is 0 Å². The maximum Gasteiger partial charge on any atom is 0.255 e. The van der Waals surface area contributed by atoms with Gasteiger partial charge in [-0.05, 0) is 50.1 Å². The zero-order valence-electron chi connectivity index (χ0n) is 17.2. The van der Waals surface area contributed by atoms with E-state index in [9.17, 15) is 9.59 Å². The second-order valence-electron chi connectivity index (χ2n) is 7.54. The molecule has 1 saturated heterocycles. The number of piperidine rings is 1. The molecule has 0 radical (unpaired) electrons. The second kappa shape index (κ2) is 8.57. The Bertz CT molecular complexity index is 1050. The van der Waals surface area contributed by atoms with E-state index in [0.29, 0.717) is 43.7 Å². The molecule has 2 aromatic heterocycles. The Morgan fingerprint density at radius 1 is 1.23 bits per heavy atom. The number of rotatable bonds is 5. The predicted octanol–water partition coefficient (Wildman–Crippen LogP) is 3.31. The summed E-state index contributed by atoms with van der Waals surface area (Å²) in [5.41, 5.74) is 2.10. The molecule has 1 N–H and O–H groups in total. The first-order valence-corrected chi connectivity index (χ1v) is 10.1. The Hall–Kier alpha value is -3.35. The topological polar surface area (TPSA) is 84.7 Å². The van der Waals surface area contributed by atoms with Gasteiger partial charge >= 0.3 is 0 Å². The number of aryl methyl sites for hydroxylation is 1. The number of fused-ring (bicyclic) bond motifs is 1. The van der Waals surface area contributed by atoms with Crippen molar-refractivity contribution in [3.05, 3.63) is 59.7 Å². The van der Waals surface area contributed by atoms with Crippen molar-refractivity contribution in [1.82, 2.24) is 15.2 Å². The molecule has 0 unspecified atom stereocenters. The largest absolute Gasteiger partial charge is 0.497 e. The maximum atomic E-state index is 13.1. The van der Waals surface area contributed by atoms with E-state index in [1.54, 1.807) is 19.4 Å². The molecule has 0 saturated carbocycles. The summed E-state index contributed by atoms with van der Waals surface area (Å²) in [4.78, 5) is 31.9. The summed E-state index contributed by atoms with van der Waals surface area (Å²) < 4.78 is 10.5. The van der Waals surface area contributed by atoms with E-state index in [1.165, 1.54) is 0 Å². The van der Waals surface area contributed by atoms with Crippen molar-refractivity contribution in [2.75, 3.05) is 20.2 Å². The zero-order chi connectivity index (χ0) is 21.1. The van der Waals surface area contributed by atoms with Gasteiger partial charge in [0.25, 0.3) is 5.91 Å². The molecule has 3 heterocycles. The maximum absolute atomic E-state index is 13.1. The molecule has 4 rings (SSSR count). The van der Waals surface area contributed by atoms with Crippen LogP contribution in [0.4, 0.5) is 0 Å². The van der Waals surface area contributed by atoms with Gasteiger partial charge in [0.2, 0.25) is 5.91 Å². The Kier molecular flexibility index (Phi) is 5.70. The Labute approximate surface area is 175 Å². The van der Waals surface area contributed by atoms with E-state index in [-0.39, 0.29) is 17.7 Å². The van der Waals surface area contributed by atoms with Gasteiger partial charge in [0.15, 0.2) is 0 Å². The molecule has 0 atom stereocenters. The van der Waals surface area contributed by atoms with Crippen LogP contribution < -0.4 is 10.1 Å². The first-order valence-electron chi connectivity index (χ1n) is 10.1. The third-order valence-electron chi connectivity index (χ3n) is 5.62. The minimum Gasteiger partial charge on any atom is -0.497 e. The third kappa shape index (κ3) is 4.15. The summed E-state index contributed by atoms with van der Waals surface area (Å²) in [7, 11) is 1.62. The smallest absolute Gasteiger partial charge is 0.255 e. The first kappa shape index (κ1) is 19.9. The Balaban J connectivity index is 1.39. The number of pyridine rings is 1. The fourth-order valence-corrected chi connectivity index (χ4v) is 3.83. The van der Waals surface area contributed by atoms with Crippen LogP contribution in [0.15, 0.2) is 47.1 Å². The van der Waals surface area contributed by atoms with Crippen LogP contribution in [0.3, 0.4) is 0 Å². The lowest BCUT2D eigenvalue weighted by molar-refractivity contribution is -0.126.